The summed E-state index contributed by atoms with van der Waals surface area (Å²) in [5.74, 6) is 0.420. The second-order valence-electron chi connectivity index (χ2n) is 4.23. The Balaban J connectivity index is 2.20. The summed E-state index contributed by atoms with van der Waals surface area (Å²) in [6.45, 7) is 4.24. The quantitative estimate of drug-likeness (QED) is 0.536. The topological polar surface area (TPSA) is 91.4 Å². The summed E-state index contributed by atoms with van der Waals surface area (Å²) in [4.78, 5) is 13.5. The second kappa shape index (κ2) is 8.77. The van der Waals surface area contributed by atoms with Crippen molar-refractivity contribution in [1.29, 1.82) is 5.26 Å². The molecule has 0 bridgehead atoms. The number of benzene rings is 1. The van der Waals surface area contributed by atoms with E-state index >= 15 is 0 Å². The summed E-state index contributed by atoms with van der Waals surface area (Å²) in [6.07, 6.45) is 0. The van der Waals surface area contributed by atoms with Crippen LogP contribution in [0.15, 0.2) is 24.3 Å². The van der Waals surface area contributed by atoms with Crippen molar-refractivity contribution in [2.24, 2.45) is 0 Å². The minimum atomic E-state index is -0.185. The Morgan fingerprint density at radius 2 is 2.15 bits per heavy atom. The molecular weight excluding hydrogens is 256 g/mol. The first-order valence-electron chi connectivity index (χ1n) is 6.50. The predicted molar refractivity (Wildman–Crippen MR) is 77.1 cm³/mol. The molecule has 0 heterocycles. The van der Waals surface area contributed by atoms with E-state index in [4.69, 9.17) is 15.7 Å². The van der Waals surface area contributed by atoms with Gasteiger partial charge in [-0.1, -0.05) is 6.92 Å². The maximum Gasteiger partial charge on any atom is 0.257 e. The Labute approximate surface area is 119 Å². The van der Waals surface area contributed by atoms with Crippen LogP contribution in [-0.4, -0.2) is 43.6 Å². The number of rotatable bonds is 8. The zero-order chi connectivity index (χ0) is 14.8. The number of hydrogen-bond acceptors (Lipinski definition) is 5. The summed E-state index contributed by atoms with van der Waals surface area (Å²) in [7, 11) is 0. The van der Waals surface area contributed by atoms with Crippen molar-refractivity contribution < 1.29 is 9.53 Å². The first kappa shape index (κ1) is 15.8. The molecule has 0 radical (unpaired) electrons. The lowest BCUT2D eigenvalue weighted by Gasteiger charge is -2.16. The molecule has 0 saturated heterocycles. The van der Waals surface area contributed by atoms with Gasteiger partial charge in [0, 0.05) is 18.8 Å². The summed E-state index contributed by atoms with van der Waals surface area (Å²) < 4.78 is 5.32. The van der Waals surface area contributed by atoms with Crippen molar-refractivity contribution in [2.75, 3.05) is 38.5 Å². The molecule has 6 heteroatoms. The van der Waals surface area contributed by atoms with Gasteiger partial charge < -0.3 is 15.8 Å². The van der Waals surface area contributed by atoms with Crippen LogP contribution in [0.5, 0.6) is 5.75 Å². The fourth-order valence-corrected chi connectivity index (χ4v) is 1.57. The molecule has 6 nitrogen and oxygen atoms in total. The van der Waals surface area contributed by atoms with Gasteiger partial charge in [0.05, 0.1) is 12.6 Å². The van der Waals surface area contributed by atoms with E-state index < -0.39 is 0 Å². The first-order valence-corrected chi connectivity index (χ1v) is 6.50. The average molecular weight is 276 g/mol. The molecular formula is C14H20N4O2. The highest BCUT2D eigenvalue weighted by molar-refractivity contribution is 5.77. The van der Waals surface area contributed by atoms with Crippen molar-refractivity contribution in [2.45, 2.75) is 6.92 Å². The molecule has 0 aliphatic rings. The molecule has 0 fully saturated rings. The van der Waals surface area contributed by atoms with Crippen molar-refractivity contribution >= 4 is 11.6 Å². The van der Waals surface area contributed by atoms with Gasteiger partial charge in [0.1, 0.15) is 5.75 Å². The summed E-state index contributed by atoms with van der Waals surface area (Å²) in [5.41, 5.74) is 6.20. The Kier molecular flexibility index (Phi) is 6.93. The number of nitrogens with zero attached hydrogens (tertiary/aromatic N) is 2. The highest BCUT2D eigenvalue weighted by Crippen LogP contribution is 2.12. The van der Waals surface area contributed by atoms with Gasteiger partial charge in [0.25, 0.3) is 5.91 Å². The van der Waals surface area contributed by atoms with E-state index in [1.807, 2.05) is 11.8 Å². The molecule has 1 rings (SSSR count). The molecule has 0 aliphatic carbocycles. The first-order chi connectivity index (χ1) is 9.65. The molecule has 0 saturated carbocycles. The largest absolute Gasteiger partial charge is 0.484 e. The molecule has 20 heavy (non-hydrogen) atoms. The number of nitrogens with two attached hydrogens (primary N) is 1. The van der Waals surface area contributed by atoms with Crippen LogP contribution in [0.2, 0.25) is 0 Å². The number of carbonyl (C=O) groups is 1. The van der Waals surface area contributed by atoms with Crippen molar-refractivity contribution in [1.82, 2.24) is 10.2 Å². The molecule has 0 unspecified atom stereocenters. The lowest BCUT2D eigenvalue weighted by Crippen LogP contribution is -2.37. The molecule has 0 atom stereocenters. The van der Waals surface area contributed by atoms with Crippen LogP contribution in [0.3, 0.4) is 0 Å². The van der Waals surface area contributed by atoms with Crippen molar-refractivity contribution in [3.63, 3.8) is 0 Å². The summed E-state index contributed by atoms with van der Waals surface area (Å²) in [5, 5.41) is 11.3. The predicted octanol–water partition coefficient (Wildman–Crippen LogP) is 0.609. The fraction of sp³-hybridized carbons (Fsp3) is 0.429. The zero-order valence-corrected chi connectivity index (χ0v) is 11.6. The third-order valence-electron chi connectivity index (χ3n) is 2.74. The monoisotopic (exact) mass is 276 g/mol. The number of nitriles is 1. The molecule has 3 N–H and O–H groups in total. The van der Waals surface area contributed by atoms with Crippen molar-refractivity contribution in [3.8, 4) is 11.8 Å². The SMILES string of the molecule is CCN(CC#N)CCNC(=O)COc1ccc(N)cc1. The average Bonchev–Trinajstić information content (AvgIpc) is 2.45. The lowest BCUT2D eigenvalue weighted by atomic mass is 10.3. The highest BCUT2D eigenvalue weighted by Gasteiger charge is 2.04. The van der Waals surface area contributed by atoms with E-state index in [2.05, 4.69) is 11.4 Å². The molecule has 108 valence electrons. The van der Waals surface area contributed by atoms with Crippen LogP contribution < -0.4 is 15.8 Å². The maximum absolute atomic E-state index is 11.6. The normalized spacial score (nSPS) is 10.1. The van der Waals surface area contributed by atoms with Gasteiger partial charge >= 0.3 is 0 Å². The summed E-state index contributed by atoms with van der Waals surface area (Å²) >= 11 is 0. The Hall–Kier alpha value is -2.26. The van der Waals surface area contributed by atoms with E-state index in [9.17, 15) is 4.79 Å². The van der Waals surface area contributed by atoms with Crippen LogP contribution in [0.4, 0.5) is 5.69 Å². The Bertz CT molecular complexity index is 453. The van der Waals surface area contributed by atoms with Gasteiger partial charge in [0.15, 0.2) is 6.61 Å². The van der Waals surface area contributed by atoms with Gasteiger partial charge in [-0.05, 0) is 30.8 Å². The third kappa shape index (κ3) is 6.07. The zero-order valence-electron chi connectivity index (χ0n) is 11.6. The van der Waals surface area contributed by atoms with Gasteiger partial charge in [-0.15, -0.1) is 0 Å². The van der Waals surface area contributed by atoms with Gasteiger partial charge in [0.2, 0.25) is 0 Å². The molecule has 1 amide bonds. The van der Waals surface area contributed by atoms with E-state index in [1.165, 1.54) is 0 Å². The van der Waals surface area contributed by atoms with E-state index in [1.54, 1.807) is 24.3 Å². The maximum atomic E-state index is 11.6. The van der Waals surface area contributed by atoms with Gasteiger partial charge in [-0.2, -0.15) is 5.26 Å². The van der Waals surface area contributed by atoms with E-state index in [0.717, 1.165) is 6.54 Å². The third-order valence-corrected chi connectivity index (χ3v) is 2.74. The Morgan fingerprint density at radius 3 is 2.75 bits per heavy atom. The van der Waals surface area contributed by atoms with Gasteiger partial charge in [-0.3, -0.25) is 9.69 Å². The van der Waals surface area contributed by atoms with Crippen LogP contribution in [0.25, 0.3) is 0 Å². The standard InChI is InChI=1S/C14H20N4O2/c1-2-18(9-7-15)10-8-17-14(19)11-20-13-5-3-12(16)4-6-13/h3-6H,2,8-11,16H2,1H3,(H,17,19). The van der Waals surface area contributed by atoms with Crippen LogP contribution in [-0.2, 0) is 4.79 Å². The number of nitrogen functional groups attached to an aromatic ring is 1. The highest BCUT2D eigenvalue weighted by atomic mass is 16.5. The molecule has 1 aromatic carbocycles. The van der Waals surface area contributed by atoms with Gasteiger partial charge in [-0.25, -0.2) is 0 Å². The Morgan fingerprint density at radius 1 is 1.45 bits per heavy atom. The van der Waals surface area contributed by atoms with E-state index in [-0.39, 0.29) is 12.5 Å². The number of anilines is 1. The van der Waals surface area contributed by atoms with Crippen molar-refractivity contribution in [3.05, 3.63) is 24.3 Å². The number of carbonyl (C=O) groups excluding carboxylic acids is 1. The lowest BCUT2D eigenvalue weighted by molar-refractivity contribution is -0.123. The number of amides is 1. The fourth-order valence-electron chi connectivity index (χ4n) is 1.57. The van der Waals surface area contributed by atoms with E-state index in [0.29, 0.717) is 31.1 Å². The number of likely N-dealkylation sites (N-methyl/N-ethyl adjacent to an activating group) is 1. The number of ether oxygens (including phenoxy) is 1. The van der Waals surface area contributed by atoms with Crippen LogP contribution in [0, 0.1) is 11.3 Å². The summed E-state index contributed by atoms with van der Waals surface area (Å²) in [6, 6.07) is 8.95. The molecule has 0 aromatic heterocycles. The molecule has 1 aromatic rings. The smallest absolute Gasteiger partial charge is 0.257 e. The minimum absolute atomic E-state index is 0.0334. The van der Waals surface area contributed by atoms with Crippen LogP contribution in [0.1, 0.15) is 6.92 Å². The minimum Gasteiger partial charge on any atom is -0.484 e. The molecule has 0 spiro atoms. The number of nitrogens with one attached hydrogen (secondary N) is 1. The molecule has 0 aliphatic heterocycles. The number of hydrogen-bond donors (Lipinski definition) is 2. The second-order valence-corrected chi connectivity index (χ2v) is 4.23. The van der Waals surface area contributed by atoms with Crippen LogP contribution >= 0.6 is 0 Å².